The molecule has 0 bridgehead atoms. The van der Waals surface area contributed by atoms with E-state index in [1.165, 1.54) is 6.33 Å². The van der Waals surface area contributed by atoms with Gasteiger partial charge in [-0.15, -0.1) is 0 Å². The molecule has 150 valence electrons. The second kappa shape index (κ2) is 9.14. The van der Waals surface area contributed by atoms with E-state index in [4.69, 9.17) is 0 Å². The second-order valence-corrected chi connectivity index (χ2v) is 7.29. The first-order chi connectivity index (χ1) is 13.9. The van der Waals surface area contributed by atoms with Crippen LogP contribution in [0.3, 0.4) is 0 Å². The highest BCUT2D eigenvalue weighted by Gasteiger charge is 2.25. The normalized spacial score (nSPS) is 11.9. The van der Waals surface area contributed by atoms with E-state index in [0.717, 1.165) is 11.1 Å². The molecular formula is C22H25N5O2. The fourth-order valence-electron chi connectivity index (χ4n) is 3.05. The van der Waals surface area contributed by atoms with Gasteiger partial charge in [0.15, 0.2) is 0 Å². The van der Waals surface area contributed by atoms with Crippen molar-refractivity contribution in [3.8, 4) is 0 Å². The fourth-order valence-corrected chi connectivity index (χ4v) is 3.05. The summed E-state index contributed by atoms with van der Waals surface area (Å²) in [5.41, 5.74) is 3.09. The van der Waals surface area contributed by atoms with Crippen molar-refractivity contribution in [3.05, 3.63) is 77.9 Å². The number of rotatable bonds is 7. The molecule has 7 heteroatoms. The number of nitrogens with one attached hydrogen (secondary N) is 2. The molecule has 1 unspecified atom stereocenters. The van der Waals surface area contributed by atoms with Crippen LogP contribution >= 0.6 is 0 Å². The Bertz CT molecular complexity index is 982. The molecular weight excluding hydrogens is 366 g/mol. The smallest absolute Gasteiger partial charge is 0.252 e. The number of aryl methyl sites for hydroxylation is 1. The lowest BCUT2D eigenvalue weighted by molar-refractivity contribution is -0.118. The molecule has 1 atom stereocenters. The highest BCUT2D eigenvalue weighted by molar-refractivity contribution is 6.01. The molecule has 29 heavy (non-hydrogen) atoms. The summed E-state index contributed by atoms with van der Waals surface area (Å²) >= 11 is 0. The third-order valence-corrected chi connectivity index (χ3v) is 4.63. The van der Waals surface area contributed by atoms with Gasteiger partial charge in [0.25, 0.3) is 5.91 Å². The number of carbonyl (C=O) groups is 2. The largest absolute Gasteiger partial charge is 0.340 e. The van der Waals surface area contributed by atoms with E-state index in [2.05, 4.69) is 20.7 Å². The fraction of sp³-hybridized carbons (Fsp3) is 0.273. The summed E-state index contributed by atoms with van der Waals surface area (Å²) in [6, 6.07) is 14.2. The van der Waals surface area contributed by atoms with Gasteiger partial charge in [-0.3, -0.25) is 9.59 Å². The molecule has 1 aromatic heterocycles. The van der Waals surface area contributed by atoms with Crippen molar-refractivity contribution >= 4 is 17.5 Å². The first-order valence-corrected chi connectivity index (χ1v) is 9.52. The molecule has 0 spiro atoms. The van der Waals surface area contributed by atoms with Gasteiger partial charge < -0.3 is 10.6 Å². The highest BCUT2D eigenvalue weighted by atomic mass is 16.2. The number of hydrogen-bond acceptors (Lipinski definition) is 4. The maximum atomic E-state index is 12.9. The Balaban J connectivity index is 1.70. The topological polar surface area (TPSA) is 88.9 Å². The zero-order valence-corrected chi connectivity index (χ0v) is 16.8. The van der Waals surface area contributed by atoms with Crippen LogP contribution in [0.5, 0.6) is 0 Å². The molecule has 1 heterocycles. The molecule has 2 N–H and O–H groups in total. The number of aromatic nitrogens is 3. The molecule has 0 aliphatic carbocycles. The van der Waals surface area contributed by atoms with Crippen LogP contribution in [-0.4, -0.2) is 32.6 Å². The van der Waals surface area contributed by atoms with Gasteiger partial charge in [0.05, 0.1) is 6.54 Å². The summed E-state index contributed by atoms with van der Waals surface area (Å²) in [4.78, 5) is 29.5. The maximum Gasteiger partial charge on any atom is 0.252 e. The first kappa shape index (κ1) is 20.3. The van der Waals surface area contributed by atoms with Gasteiger partial charge in [-0.05, 0) is 42.2 Å². The molecule has 0 saturated heterocycles. The van der Waals surface area contributed by atoms with Crippen molar-refractivity contribution in [1.82, 2.24) is 20.1 Å². The summed E-state index contributed by atoms with van der Waals surface area (Å²) in [6.45, 7) is 6.24. The van der Waals surface area contributed by atoms with Crippen molar-refractivity contribution in [1.29, 1.82) is 0 Å². The average Bonchev–Trinajstić information content (AvgIpc) is 3.19. The van der Waals surface area contributed by atoms with E-state index in [1.54, 1.807) is 17.1 Å². The van der Waals surface area contributed by atoms with Gasteiger partial charge in [0.1, 0.15) is 18.7 Å². The summed E-state index contributed by atoms with van der Waals surface area (Å²) in [5, 5.41) is 9.88. The molecule has 0 saturated carbocycles. The molecule has 3 aromatic rings. The van der Waals surface area contributed by atoms with Crippen LogP contribution in [0.15, 0.2) is 61.2 Å². The van der Waals surface area contributed by atoms with Crippen molar-refractivity contribution in [2.45, 2.75) is 33.4 Å². The number of nitrogens with zero attached hydrogens (tertiary/aromatic N) is 3. The lowest BCUT2D eigenvalue weighted by Gasteiger charge is -2.22. The molecule has 0 aliphatic heterocycles. The summed E-state index contributed by atoms with van der Waals surface area (Å²) in [6.07, 6.45) is 3.12. The maximum absolute atomic E-state index is 12.9. The molecule has 3 rings (SSSR count). The predicted octanol–water partition coefficient (Wildman–Crippen LogP) is 3.03. The Kier molecular flexibility index (Phi) is 6.39. The van der Waals surface area contributed by atoms with Crippen molar-refractivity contribution in [2.75, 3.05) is 5.32 Å². The van der Waals surface area contributed by atoms with E-state index >= 15 is 0 Å². The number of hydrogen-bond donors (Lipinski definition) is 2. The van der Waals surface area contributed by atoms with Crippen LogP contribution in [0, 0.1) is 12.8 Å². The zero-order valence-electron chi connectivity index (χ0n) is 16.8. The van der Waals surface area contributed by atoms with Crippen molar-refractivity contribution in [3.63, 3.8) is 0 Å². The van der Waals surface area contributed by atoms with Crippen molar-refractivity contribution < 1.29 is 9.59 Å². The minimum atomic E-state index is -0.652. The number of benzene rings is 2. The Morgan fingerprint density at radius 1 is 1.10 bits per heavy atom. The van der Waals surface area contributed by atoms with E-state index in [9.17, 15) is 9.59 Å². The van der Waals surface area contributed by atoms with Gasteiger partial charge in [-0.25, -0.2) is 9.67 Å². The minimum absolute atomic E-state index is 0.0682. The van der Waals surface area contributed by atoms with Gasteiger partial charge in [-0.1, -0.05) is 44.2 Å². The van der Waals surface area contributed by atoms with Crippen LogP contribution in [0.4, 0.5) is 5.69 Å². The van der Waals surface area contributed by atoms with Crippen LogP contribution in [0.2, 0.25) is 0 Å². The molecule has 0 aliphatic rings. The highest BCUT2D eigenvalue weighted by Crippen LogP contribution is 2.14. The number of anilines is 1. The van der Waals surface area contributed by atoms with E-state index in [-0.39, 0.29) is 17.7 Å². The monoisotopic (exact) mass is 391 g/mol. The quantitative estimate of drug-likeness (QED) is 0.648. The summed E-state index contributed by atoms with van der Waals surface area (Å²) in [7, 11) is 0. The van der Waals surface area contributed by atoms with Crippen molar-refractivity contribution in [2.24, 2.45) is 5.92 Å². The Morgan fingerprint density at radius 3 is 2.59 bits per heavy atom. The lowest BCUT2D eigenvalue weighted by Crippen LogP contribution is -2.47. The van der Waals surface area contributed by atoms with Gasteiger partial charge in [0.2, 0.25) is 5.91 Å². The molecule has 0 fully saturated rings. The predicted molar refractivity (Wildman–Crippen MR) is 111 cm³/mol. The average molecular weight is 391 g/mol. The van der Waals surface area contributed by atoms with Gasteiger partial charge in [-0.2, -0.15) is 5.10 Å². The molecule has 0 radical (unpaired) electrons. The Morgan fingerprint density at radius 2 is 1.90 bits per heavy atom. The summed E-state index contributed by atoms with van der Waals surface area (Å²) < 4.78 is 1.71. The van der Waals surface area contributed by atoms with E-state index in [0.29, 0.717) is 17.8 Å². The number of amides is 2. The zero-order chi connectivity index (χ0) is 20.8. The SMILES string of the molecule is Cc1ccccc1C(=O)NC(C(=O)Nc1cccc(Cn2cncn2)c1)C(C)C. The number of carbonyl (C=O) groups excluding carboxylic acids is 2. The Labute approximate surface area is 170 Å². The molecule has 7 nitrogen and oxygen atoms in total. The van der Waals surface area contributed by atoms with Crippen LogP contribution in [0.1, 0.15) is 35.3 Å². The van der Waals surface area contributed by atoms with Gasteiger partial charge in [0, 0.05) is 11.3 Å². The third-order valence-electron chi connectivity index (χ3n) is 4.63. The van der Waals surface area contributed by atoms with Crippen LogP contribution in [-0.2, 0) is 11.3 Å². The lowest BCUT2D eigenvalue weighted by atomic mass is 10.0. The second-order valence-electron chi connectivity index (χ2n) is 7.29. The third kappa shape index (κ3) is 5.28. The standard InChI is InChI=1S/C22H25N5O2/c1-15(2)20(26-21(28)19-10-5-4-7-16(19)3)22(29)25-18-9-6-8-17(11-18)12-27-14-23-13-24-27/h4-11,13-15,20H,12H2,1-3H3,(H,25,29)(H,26,28). The van der Waals surface area contributed by atoms with Gasteiger partial charge >= 0.3 is 0 Å². The van der Waals surface area contributed by atoms with Crippen LogP contribution in [0.25, 0.3) is 0 Å². The van der Waals surface area contributed by atoms with E-state index < -0.39 is 6.04 Å². The molecule has 2 amide bonds. The van der Waals surface area contributed by atoms with E-state index in [1.807, 2.05) is 63.2 Å². The minimum Gasteiger partial charge on any atom is -0.340 e. The Hall–Kier alpha value is -3.48. The molecule has 2 aromatic carbocycles. The summed E-state index contributed by atoms with van der Waals surface area (Å²) in [5.74, 6) is -0.571. The first-order valence-electron chi connectivity index (χ1n) is 9.52. The van der Waals surface area contributed by atoms with Crippen LogP contribution < -0.4 is 10.6 Å².